The summed E-state index contributed by atoms with van der Waals surface area (Å²) in [5, 5.41) is 3.96. The van der Waals surface area contributed by atoms with Gasteiger partial charge < -0.3 is 4.90 Å². The second kappa shape index (κ2) is 9.60. The Balaban J connectivity index is 1.27. The van der Waals surface area contributed by atoms with Crippen molar-refractivity contribution in [2.24, 2.45) is 5.92 Å². The zero-order chi connectivity index (χ0) is 21.9. The Morgan fingerprint density at radius 3 is 2.28 bits per heavy atom. The third-order valence-corrected chi connectivity index (χ3v) is 8.22. The maximum absolute atomic E-state index is 13.2. The van der Waals surface area contributed by atoms with Crippen LogP contribution in [0.3, 0.4) is 0 Å². The Hall–Kier alpha value is -2.43. The average molecular weight is 445 g/mol. The van der Waals surface area contributed by atoms with Crippen LogP contribution < -0.4 is 0 Å². The van der Waals surface area contributed by atoms with Gasteiger partial charge in [0.05, 0.1) is 5.56 Å². The molecule has 0 saturated carbocycles. The van der Waals surface area contributed by atoms with Gasteiger partial charge in [-0.2, -0.15) is 11.3 Å². The number of amides is 1. The molecular formula is C28H32N2OS. The van der Waals surface area contributed by atoms with Crippen molar-refractivity contribution in [2.45, 2.75) is 44.2 Å². The van der Waals surface area contributed by atoms with Crippen molar-refractivity contribution in [3.8, 4) is 0 Å². The monoisotopic (exact) mass is 444 g/mol. The molecule has 5 rings (SSSR count). The van der Waals surface area contributed by atoms with Crippen LogP contribution in [0.15, 0.2) is 71.4 Å². The molecule has 2 aliphatic rings. The standard InChI is InChI=1S/C28H32N2OS/c1-29(28(31)25-13-16-32-20-25)27(17-21-7-3-2-4-8-21)22-11-14-30(15-12-22)26-18-23-9-5-6-10-24(23)19-26/h2-10,13,16,20,22,26-27H,11-12,14-15,17-19H2,1H3. The summed E-state index contributed by atoms with van der Waals surface area (Å²) in [6, 6.07) is 22.4. The number of piperidine rings is 1. The van der Waals surface area contributed by atoms with Crippen LogP contribution in [0.2, 0.25) is 0 Å². The average Bonchev–Trinajstić information content (AvgIpc) is 3.53. The van der Waals surface area contributed by atoms with Crippen molar-refractivity contribution >= 4 is 17.2 Å². The van der Waals surface area contributed by atoms with Crippen LogP contribution in [-0.4, -0.2) is 47.9 Å². The van der Waals surface area contributed by atoms with Gasteiger partial charge in [0.15, 0.2) is 0 Å². The van der Waals surface area contributed by atoms with Gasteiger partial charge in [0.25, 0.3) is 5.91 Å². The minimum Gasteiger partial charge on any atom is -0.338 e. The van der Waals surface area contributed by atoms with Gasteiger partial charge in [0, 0.05) is 24.5 Å². The van der Waals surface area contributed by atoms with E-state index in [0.717, 1.165) is 37.9 Å². The molecule has 1 amide bonds. The Bertz CT molecular complexity index is 1000. The predicted molar refractivity (Wildman–Crippen MR) is 132 cm³/mol. The molecule has 1 aromatic heterocycles. The molecule has 2 aromatic carbocycles. The van der Waals surface area contributed by atoms with E-state index in [1.807, 2.05) is 28.8 Å². The van der Waals surface area contributed by atoms with Gasteiger partial charge in [-0.05, 0) is 79.2 Å². The van der Waals surface area contributed by atoms with E-state index in [4.69, 9.17) is 0 Å². The van der Waals surface area contributed by atoms with Crippen LogP contribution in [0.25, 0.3) is 0 Å². The number of hydrogen-bond acceptors (Lipinski definition) is 3. The van der Waals surface area contributed by atoms with Crippen molar-refractivity contribution in [3.05, 3.63) is 93.7 Å². The van der Waals surface area contributed by atoms with Crippen molar-refractivity contribution in [3.63, 3.8) is 0 Å². The largest absolute Gasteiger partial charge is 0.338 e. The van der Waals surface area contributed by atoms with E-state index in [-0.39, 0.29) is 11.9 Å². The molecule has 1 aliphatic heterocycles. The Kier molecular flexibility index (Phi) is 6.42. The summed E-state index contributed by atoms with van der Waals surface area (Å²) in [4.78, 5) is 17.9. The van der Waals surface area contributed by atoms with E-state index in [0.29, 0.717) is 12.0 Å². The molecular weight excluding hydrogens is 412 g/mol. The number of nitrogens with zero attached hydrogens (tertiary/aromatic N) is 2. The Morgan fingerprint density at radius 1 is 1.00 bits per heavy atom. The molecule has 1 saturated heterocycles. The first kappa shape index (κ1) is 21.4. The van der Waals surface area contributed by atoms with Crippen LogP contribution in [0.5, 0.6) is 0 Å². The zero-order valence-corrected chi connectivity index (χ0v) is 19.6. The highest BCUT2D eigenvalue weighted by Crippen LogP contribution is 2.32. The first-order valence-electron chi connectivity index (χ1n) is 11.8. The number of carbonyl (C=O) groups excluding carboxylic acids is 1. The van der Waals surface area contributed by atoms with Crippen LogP contribution in [-0.2, 0) is 19.3 Å². The first-order valence-corrected chi connectivity index (χ1v) is 12.8. The van der Waals surface area contributed by atoms with E-state index >= 15 is 0 Å². The fraction of sp³-hybridized carbons (Fsp3) is 0.393. The molecule has 166 valence electrons. The van der Waals surface area contributed by atoms with Gasteiger partial charge in [0.1, 0.15) is 0 Å². The topological polar surface area (TPSA) is 23.6 Å². The lowest BCUT2D eigenvalue weighted by molar-refractivity contribution is 0.0549. The number of hydrogen-bond donors (Lipinski definition) is 0. The van der Waals surface area contributed by atoms with E-state index in [2.05, 4.69) is 59.5 Å². The van der Waals surface area contributed by atoms with E-state index in [1.54, 1.807) is 11.3 Å². The maximum Gasteiger partial charge on any atom is 0.254 e. The van der Waals surface area contributed by atoms with Crippen molar-refractivity contribution in [1.29, 1.82) is 0 Å². The number of thiophene rings is 1. The van der Waals surface area contributed by atoms with Gasteiger partial charge in [0.2, 0.25) is 0 Å². The highest BCUT2D eigenvalue weighted by molar-refractivity contribution is 7.08. The highest BCUT2D eigenvalue weighted by atomic mass is 32.1. The summed E-state index contributed by atoms with van der Waals surface area (Å²) in [7, 11) is 2.01. The summed E-state index contributed by atoms with van der Waals surface area (Å²) in [6.45, 7) is 2.27. The third kappa shape index (κ3) is 4.53. The molecule has 2 heterocycles. The van der Waals surface area contributed by atoms with E-state index < -0.39 is 0 Å². The SMILES string of the molecule is CN(C(=O)c1ccsc1)C(Cc1ccccc1)C1CCN(C2Cc3ccccc3C2)CC1. The Labute approximate surface area is 195 Å². The fourth-order valence-electron chi connectivity index (χ4n) is 5.68. The third-order valence-electron chi connectivity index (χ3n) is 7.54. The summed E-state index contributed by atoms with van der Waals surface area (Å²) in [5.74, 6) is 0.684. The lowest BCUT2D eigenvalue weighted by atomic mass is 9.84. The molecule has 1 atom stereocenters. The van der Waals surface area contributed by atoms with Crippen LogP contribution in [0.4, 0.5) is 0 Å². The lowest BCUT2D eigenvalue weighted by Gasteiger charge is -2.42. The minimum absolute atomic E-state index is 0.154. The number of fused-ring (bicyclic) bond motifs is 1. The van der Waals surface area contributed by atoms with Crippen LogP contribution in [0, 0.1) is 5.92 Å². The van der Waals surface area contributed by atoms with Gasteiger partial charge in [-0.1, -0.05) is 54.6 Å². The number of carbonyl (C=O) groups is 1. The molecule has 3 aromatic rings. The Morgan fingerprint density at radius 2 is 1.66 bits per heavy atom. The van der Waals surface area contributed by atoms with Crippen LogP contribution >= 0.6 is 11.3 Å². The van der Waals surface area contributed by atoms with Gasteiger partial charge in [-0.15, -0.1) is 0 Å². The normalized spacial score (nSPS) is 18.4. The second-order valence-electron chi connectivity index (χ2n) is 9.39. The molecule has 4 heteroatoms. The molecule has 0 N–H and O–H groups in total. The molecule has 32 heavy (non-hydrogen) atoms. The summed E-state index contributed by atoms with van der Waals surface area (Å²) < 4.78 is 0. The lowest BCUT2D eigenvalue weighted by Crippen LogP contribution is -2.49. The number of rotatable bonds is 6. The summed E-state index contributed by atoms with van der Waals surface area (Å²) >= 11 is 1.59. The van der Waals surface area contributed by atoms with Crippen LogP contribution in [0.1, 0.15) is 39.9 Å². The molecule has 0 spiro atoms. The van der Waals surface area contributed by atoms with Gasteiger partial charge in [-0.25, -0.2) is 0 Å². The van der Waals surface area contributed by atoms with Crippen molar-refractivity contribution in [2.75, 3.05) is 20.1 Å². The maximum atomic E-state index is 13.2. The summed E-state index contributed by atoms with van der Waals surface area (Å²) in [5.41, 5.74) is 5.19. The highest BCUT2D eigenvalue weighted by Gasteiger charge is 2.35. The molecule has 1 fully saturated rings. The minimum atomic E-state index is 0.154. The molecule has 1 aliphatic carbocycles. The van der Waals surface area contributed by atoms with E-state index in [1.165, 1.54) is 29.5 Å². The first-order chi connectivity index (χ1) is 15.7. The molecule has 0 radical (unpaired) electrons. The predicted octanol–water partition coefficient (Wildman–Crippen LogP) is 5.31. The summed E-state index contributed by atoms with van der Waals surface area (Å²) in [6.07, 6.45) is 5.61. The van der Waals surface area contributed by atoms with Gasteiger partial charge >= 0.3 is 0 Å². The number of likely N-dealkylation sites (N-methyl/N-ethyl adjacent to an activating group) is 1. The molecule has 0 bridgehead atoms. The van der Waals surface area contributed by atoms with Crippen molar-refractivity contribution in [1.82, 2.24) is 9.80 Å². The fourth-order valence-corrected chi connectivity index (χ4v) is 6.31. The van der Waals surface area contributed by atoms with Gasteiger partial charge in [-0.3, -0.25) is 9.69 Å². The zero-order valence-electron chi connectivity index (χ0n) is 18.8. The smallest absolute Gasteiger partial charge is 0.254 e. The molecule has 1 unspecified atom stereocenters. The van der Waals surface area contributed by atoms with E-state index in [9.17, 15) is 4.79 Å². The molecule has 3 nitrogen and oxygen atoms in total. The quantitative estimate of drug-likeness (QED) is 0.514. The number of benzene rings is 2. The second-order valence-corrected chi connectivity index (χ2v) is 10.2. The number of likely N-dealkylation sites (tertiary alicyclic amines) is 1. The van der Waals surface area contributed by atoms with Crippen molar-refractivity contribution < 1.29 is 4.79 Å².